The first-order valence-corrected chi connectivity index (χ1v) is 2.70. The van der Waals surface area contributed by atoms with E-state index in [1.165, 1.54) is 0 Å². The molecule has 0 aromatic rings. The highest BCUT2D eigenvalue weighted by Gasteiger charge is 1.97. The van der Waals surface area contributed by atoms with Crippen LogP contribution in [0.2, 0.25) is 0 Å². The van der Waals surface area contributed by atoms with Gasteiger partial charge in [-0.25, -0.2) is 9.78 Å². The third kappa shape index (κ3) is 5.24. The van der Waals surface area contributed by atoms with Crippen molar-refractivity contribution in [1.82, 2.24) is 0 Å². The van der Waals surface area contributed by atoms with E-state index in [2.05, 4.69) is 9.78 Å². The van der Waals surface area contributed by atoms with Gasteiger partial charge in [0.15, 0.2) is 0 Å². The Labute approximate surface area is 54.1 Å². The van der Waals surface area contributed by atoms with Gasteiger partial charge in [-0.05, 0) is 6.92 Å². The van der Waals surface area contributed by atoms with Gasteiger partial charge in [-0.2, -0.15) is 5.26 Å². The third-order valence-electron chi connectivity index (χ3n) is 0.615. The van der Waals surface area contributed by atoms with Crippen molar-refractivity contribution in [2.75, 3.05) is 13.2 Å². The third-order valence-corrected chi connectivity index (χ3v) is 0.615. The van der Waals surface area contributed by atoms with E-state index < -0.39 is 6.04 Å². The minimum absolute atomic E-state index is 0.129. The molecule has 52 valence electrons. The second kappa shape index (κ2) is 5.51. The number of hydrogen-bond acceptors (Lipinski definition) is 4. The molecule has 1 atom stereocenters. The SMILES string of the molecule is CCOOCC(N)C#N. The number of nitrogens with zero attached hydrogens (tertiary/aromatic N) is 1. The summed E-state index contributed by atoms with van der Waals surface area (Å²) in [5.41, 5.74) is 5.15. The van der Waals surface area contributed by atoms with Crippen LogP contribution in [0.15, 0.2) is 0 Å². The van der Waals surface area contributed by atoms with E-state index in [1.807, 2.05) is 0 Å². The molecule has 0 fully saturated rings. The summed E-state index contributed by atoms with van der Waals surface area (Å²) in [6.07, 6.45) is 0. The number of nitrogens with two attached hydrogens (primary N) is 1. The van der Waals surface area contributed by atoms with E-state index in [4.69, 9.17) is 11.0 Å². The van der Waals surface area contributed by atoms with Crippen LogP contribution in [-0.2, 0) is 9.78 Å². The molecular weight excluding hydrogens is 120 g/mol. The van der Waals surface area contributed by atoms with Gasteiger partial charge >= 0.3 is 0 Å². The molecule has 1 unspecified atom stereocenters. The van der Waals surface area contributed by atoms with Crippen LogP contribution in [0.5, 0.6) is 0 Å². The van der Waals surface area contributed by atoms with Crippen LogP contribution in [0.25, 0.3) is 0 Å². The second-order valence-corrected chi connectivity index (χ2v) is 1.43. The fourth-order valence-electron chi connectivity index (χ4n) is 0.242. The predicted octanol–water partition coefficient (Wildman–Crippen LogP) is -0.195. The van der Waals surface area contributed by atoms with E-state index in [9.17, 15) is 0 Å². The molecule has 0 spiro atoms. The van der Waals surface area contributed by atoms with Crippen LogP contribution in [-0.4, -0.2) is 19.3 Å². The van der Waals surface area contributed by atoms with Crippen molar-refractivity contribution in [3.8, 4) is 6.07 Å². The maximum absolute atomic E-state index is 8.12. The highest BCUT2D eigenvalue weighted by atomic mass is 17.2. The summed E-state index contributed by atoms with van der Waals surface area (Å²) in [4.78, 5) is 8.96. The minimum Gasteiger partial charge on any atom is -0.314 e. The van der Waals surface area contributed by atoms with Gasteiger partial charge < -0.3 is 5.73 Å². The fourth-order valence-corrected chi connectivity index (χ4v) is 0.242. The molecule has 9 heavy (non-hydrogen) atoms. The Balaban J connectivity index is 2.99. The molecule has 2 N–H and O–H groups in total. The summed E-state index contributed by atoms with van der Waals surface area (Å²) in [6, 6.07) is 1.21. The molecule has 0 heterocycles. The molecule has 0 radical (unpaired) electrons. The largest absolute Gasteiger partial charge is 0.314 e. The summed E-state index contributed by atoms with van der Waals surface area (Å²) >= 11 is 0. The smallest absolute Gasteiger partial charge is 0.120 e. The first-order chi connectivity index (χ1) is 4.31. The molecule has 0 saturated heterocycles. The predicted molar refractivity (Wildman–Crippen MR) is 31.2 cm³/mol. The number of nitriles is 1. The van der Waals surface area contributed by atoms with Gasteiger partial charge in [0.2, 0.25) is 0 Å². The van der Waals surface area contributed by atoms with Gasteiger partial charge in [0.25, 0.3) is 0 Å². The van der Waals surface area contributed by atoms with Gasteiger partial charge in [0.05, 0.1) is 12.7 Å². The van der Waals surface area contributed by atoms with Crippen molar-refractivity contribution >= 4 is 0 Å². The molecule has 4 nitrogen and oxygen atoms in total. The average Bonchev–Trinajstić information content (AvgIpc) is 1.89. The highest BCUT2D eigenvalue weighted by Crippen LogP contribution is 1.80. The zero-order valence-corrected chi connectivity index (χ0v) is 5.33. The lowest BCUT2D eigenvalue weighted by molar-refractivity contribution is -0.291. The Morgan fingerprint density at radius 1 is 1.67 bits per heavy atom. The van der Waals surface area contributed by atoms with Crippen molar-refractivity contribution in [2.24, 2.45) is 5.73 Å². The molecule has 0 rings (SSSR count). The van der Waals surface area contributed by atoms with Crippen molar-refractivity contribution < 1.29 is 9.78 Å². The summed E-state index contributed by atoms with van der Waals surface area (Å²) in [5, 5.41) is 8.12. The number of rotatable bonds is 4. The van der Waals surface area contributed by atoms with Crippen LogP contribution in [0.1, 0.15) is 6.92 Å². The lowest BCUT2D eigenvalue weighted by atomic mass is 10.4. The summed E-state index contributed by atoms with van der Waals surface area (Å²) < 4.78 is 0. The lowest BCUT2D eigenvalue weighted by Gasteiger charge is -2.00. The second-order valence-electron chi connectivity index (χ2n) is 1.43. The van der Waals surface area contributed by atoms with Crippen molar-refractivity contribution in [3.63, 3.8) is 0 Å². The molecule has 0 aromatic carbocycles. The van der Waals surface area contributed by atoms with Crippen LogP contribution in [0.3, 0.4) is 0 Å². The summed E-state index contributed by atoms with van der Waals surface area (Å²) in [6.45, 7) is 2.39. The van der Waals surface area contributed by atoms with Gasteiger partial charge in [0.1, 0.15) is 12.6 Å². The molecule has 0 bridgehead atoms. The van der Waals surface area contributed by atoms with Crippen molar-refractivity contribution in [1.29, 1.82) is 5.26 Å². The summed E-state index contributed by atoms with van der Waals surface area (Å²) in [7, 11) is 0. The van der Waals surface area contributed by atoms with Crippen molar-refractivity contribution in [3.05, 3.63) is 0 Å². The summed E-state index contributed by atoms with van der Waals surface area (Å²) in [5.74, 6) is 0. The molecule has 4 heteroatoms. The van der Waals surface area contributed by atoms with Crippen molar-refractivity contribution in [2.45, 2.75) is 13.0 Å². The zero-order valence-electron chi connectivity index (χ0n) is 5.33. The molecule has 0 aliphatic rings. The maximum Gasteiger partial charge on any atom is 0.120 e. The molecule has 0 aromatic heterocycles. The Kier molecular flexibility index (Phi) is 5.12. The van der Waals surface area contributed by atoms with E-state index in [1.54, 1.807) is 13.0 Å². The Morgan fingerprint density at radius 3 is 2.78 bits per heavy atom. The molecule has 0 aliphatic carbocycles. The quantitative estimate of drug-likeness (QED) is 0.325. The monoisotopic (exact) mass is 130 g/mol. The fraction of sp³-hybridized carbons (Fsp3) is 0.800. The maximum atomic E-state index is 8.12. The molecule has 0 aliphatic heterocycles. The topological polar surface area (TPSA) is 68.3 Å². The molecule has 0 amide bonds. The lowest BCUT2D eigenvalue weighted by Crippen LogP contribution is -2.23. The minimum atomic E-state index is -0.587. The van der Waals surface area contributed by atoms with Gasteiger partial charge in [-0.3, -0.25) is 0 Å². The molecular formula is C5H10N2O2. The van der Waals surface area contributed by atoms with Crippen LogP contribution < -0.4 is 5.73 Å². The highest BCUT2D eigenvalue weighted by molar-refractivity contribution is 4.85. The normalized spacial score (nSPS) is 12.6. The van der Waals surface area contributed by atoms with E-state index in [0.717, 1.165) is 0 Å². The standard InChI is InChI=1S/C5H10N2O2/c1-2-8-9-4-5(7)3-6/h5H,2,4,7H2,1H3. The van der Waals surface area contributed by atoms with E-state index in [0.29, 0.717) is 6.61 Å². The van der Waals surface area contributed by atoms with E-state index in [-0.39, 0.29) is 6.61 Å². The van der Waals surface area contributed by atoms with E-state index >= 15 is 0 Å². The average molecular weight is 130 g/mol. The Hall–Kier alpha value is -0.630. The van der Waals surface area contributed by atoms with Gasteiger partial charge in [-0.15, -0.1) is 0 Å². The zero-order chi connectivity index (χ0) is 7.11. The Morgan fingerprint density at radius 2 is 2.33 bits per heavy atom. The molecule has 0 saturated carbocycles. The van der Waals surface area contributed by atoms with Crippen LogP contribution in [0.4, 0.5) is 0 Å². The van der Waals surface area contributed by atoms with Crippen LogP contribution in [0, 0.1) is 11.3 Å². The first-order valence-electron chi connectivity index (χ1n) is 2.70. The van der Waals surface area contributed by atoms with Gasteiger partial charge in [-0.1, -0.05) is 0 Å². The van der Waals surface area contributed by atoms with Crippen LogP contribution >= 0.6 is 0 Å². The number of hydrogen-bond donors (Lipinski definition) is 1. The Bertz CT molecular complexity index is 99.6. The first kappa shape index (κ1) is 8.37. The van der Waals surface area contributed by atoms with Gasteiger partial charge in [0, 0.05) is 0 Å².